The SMILES string of the molecule is O=CC1CN(c2ccccc2)S(=O)(=O)N1.[H-].[Na+]. The molecule has 0 aliphatic carbocycles. The Morgan fingerprint density at radius 2 is 2.00 bits per heavy atom. The number of nitrogens with one attached hydrogen (secondary N) is 1. The van der Waals surface area contributed by atoms with Crippen LogP contribution in [0.5, 0.6) is 0 Å². The molecule has 1 aromatic carbocycles. The summed E-state index contributed by atoms with van der Waals surface area (Å²) in [6.45, 7) is 0.149. The molecule has 1 atom stereocenters. The predicted molar refractivity (Wildman–Crippen MR) is 56.8 cm³/mol. The maximum atomic E-state index is 11.6. The predicted octanol–water partition coefficient (Wildman–Crippen LogP) is -2.97. The van der Waals surface area contributed by atoms with Crippen LogP contribution in [-0.4, -0.2) is 27.3 Å². The third kappa shape index (κ3) is 2.64. The Kier molecular flexibility index (Phi) is 4.52. The van der Waals surface area contributed by atoms with E-state index >= 15 is 0 Å². The van der Waals surface area contributed by atoms with E-state index in [1.165, 1.54) is 4.31 Å². The fourth-order valence-electron chi connectivity index (χ4n) is 1.48. The summed E-state index contributed by atoms with van der Waals surface area (Å²) in [4.78, 5) is 10.5. The molecule has 5 nitrogen and oxygen atoms in total. The first kappa shape index (κ1) is 13.7. The molecule has 1 aromatic rings. The van der Waals surface area contributed by atoms with Gasteiger partial charge in [0.2, 0.25) is 0 Å². The van der Waals surface area contributed by atoms with Gasteiger partial charge in [-0.05, 0) is 12.1 Å². The molecular formula is C9H11N2NaO3S. The summed E-state index contributed by atoms with van der Waals surface area (Å²) in [5.74, 6) is 0. The summed E-state index contributed by atoms with van der Waals surface area (Å²) in [6.07, 6.45) is 0.598. The first-order valence-electron chi connectivity index (χ1n) is 4.44. The minimum absolute atomic E-state index is 0. The second-order valence-corrected chi connectivity index (χ2v) is 4.86. The van der Waals surface area contributed by atoms with Gasteiger partial charge in [-0.1, -0.05) is 18.2 Å². The van der Waals surface area contributed by atoms with Crippen molar-refractivity contribution in [1.29, 1.82) is 0 Å². The van der Waals surface area contributed by atoms with Crippen LogP contribution in [0.4, 0.5) is 5.69 Å². The standard InChI is InChI=1S/C9H10N2O3S.Na.H/c12-7-8-6-11(15(13,14)10-8)9-4-2-1-3-5-9;;/h1-5,7-8,10H,6H2;;/q;+1;-1. The maximum absolute atomic E-state index is 11.6. The van der Waals surface area contributed by atoms with Gasteiger partial charge in [-0.2, -0.15) is 13.1 Å². The average molecular weight is 250 g/mol. The number of hydrogen-bond acceptors (Lipinski definition) is 3. The summed E-state index contributed by atoms with van der Waals surface area (Å²) in [5, 5.41) is 0. The van der Waals surface area contributed by atoms with Gasteiger partial charge in [-0.15, -0.1) is 0 Å². The fourth-order valence-corrected chi connectivity index (χ4v) is 2.87. The van der Waals surface area contributed by atoms with E-state index in [0.29, 0.717) is 12.0 Å². The zero-order valence-corrected chi connectivity index (χ0v) is 11.6. The first-order valence-corrected chi connectivity index (χ1v) is 5.88. The number of rotatable bonds is 2. The molecule has 7 heteroatoms. The Labute approximate surface area is 118 Å². The Balaban J connectivity index is 0.00000128. The van der Waals surface area contributed by atoms with E-state index in [2.05, 4.69) is 4.72 Å². The van der Waals surface area contributed by atoms with Gasteiger partial charge in [0.25, 0.3) is 0 Å². The largest absolute Gasteiger partial charge is 1.00 e. The Hall–Kier alpha value is -0.400. The molecule has 1 fully saturated rings. The van der Waals surface area contributed by atoms with E-state index in [4.69, 9.17) is 0 Å². The van der Waals surface area contributed by atoms with Crippen molar-refractivity contribution < 1.29 is 44.2 Å². The van der Waals surface area contributed by atoms with E-state index < -0.39 is 16.3 Å². The summed E-state index contributed by atoms with van der Waals surface area (Å²) in [7, 11) is -3.55. The van der Waals surface area contributed by atoms with Gasteiger partial charge in [-0.3, -0.25) is 4.31 Å². The van der Waals surface area contributed by atoms with Crippen molar-refractivity contribution in [3.63, 3.8) is 0 Å². The van der Waals surface area contributed by atoms with Crippen LogP contribution >= 0.6 is 0 Å². The number of para-hydroxylation sites is 1. The van der Waals surface area contributed by atoms with Crippen LogP contribution in [0.15, 0.2) is 30.3 Å². The monoisotopic (exact) mass is 250 g/mol. The summed E-state index contributed by atoms with van der Waals surface area (Å²) >= 11 is 0. The van der Waals surface area contributed by atoms with Gasteiger partial charge < -0.3 is 6.22 Å². The van der Waals surface area contributed by atoms with Crippen LogP contribution in [0.3, 0.4) is 0 Å². The summed E-state index contributed by atoms with van der Waals surface area (Å²) in [6, 6.07) is 8.02. The van der Waals surface area contributed by atoms with Crippen LogP contribution in [0.25, 0.3) is 0 Å². The molecule has 1 unspecified atom stereocenters. The Morgan fingerprint density at radius 3 is 2.50 bits per heavy atom. The number of carbonyl (C=O) groups excluding carboxylic acids is 1. The molecule has 1 aliphatic heterocycles. The molecule has 1 saturated heterocycles. The van der Waals surface area contributed by atoms with E-state index in [-0.39, 0.29) is 37.5 Å². The number of anilines is 1. The normalized spacial score (nSPS) is 22.5. The van der Waals surface area contributed by atoms with Crippen LogP contribution < -0.4 is 38.6 Å². The Bertz CT molecular complexity index is 468. The minimum atomic E-state index is -3.55. The van der Waals surface area contributed by atoms with Crippen LogP contribution in [0.2, 0.25) is 0 Å². The first-order chi connectivity index (χ1) is 7.13. The third-order valence-electron chi connectivity index (χ3n) is 2.16. The summed E-state index contributed by atoms with van der Waals surface area (Å²) in [5.41, 5.74) is 0.564. The second-order valence-electron chi connectivity index (χ2n) is 3.23. The van der Waals surface area contributed by atoms with Crippen molar-refractivity contribution in [2.75, 3.05) is 10.8 Å². The van der Waals surface area contributed by atoms with Crippen LogP contribution in [0.1, 0.15) is 1.43 Å². The smallest absolute Gasteiger partial charge is 1.00 e. The third-order valence-corrected chi connectivity index (χ3v) is 3.70. The molecule has 82 valence electrons. The molecule has 16 heavy (non-hydrogen) atoms. The molecule has 0 bridgehead atoms. The average Bonchev–Trinajstić information content (AvgIpc) is 2.55. The van der Waals surface area contributed by atoms with Crippen molar-refractivity contribution in [1.82, 2.24) is 4.72 Å². The molecule has 2 rings (SSSR count). The summed E-state index contributed by atoms with van der Waals surface area (Å²) < 4.78 is 26.6. The number of carbonyl (C=O) groups is 1. The fraction of sp³-hybridized carbons (Fsp3) is 0.222. The zero-order valence-electron chi connectivity index (χ0n) is 9.83. The molecule has 0 radical (unpaired) electrons. The molecule has 0 aromatic heterocycles. The van der Waals surface area contributed by atoms with Crippen LogP contribution in [-0.2, 0) is 15.0 Å². The minimum Gasteiger partial charge on any atom is -1.00 e. The van der Waals surface area contributed by atoms with E-state index in [9.17, 15) is 13.2 Å². The molecule has 1 N–H and O–H groups in total. The number of nitrogens with zero attached hydrogens (tertiary/aromatic N) is 1. The van der Waals surface area contributed by atoms with E-state index in [0.717, 1.165) is 0 Å². The number of hydrogen-bond donors (Lipinski definition) is 1. The zero-order chi connectivity index (χ0) is 10.9. The van der Waals surface area contributed by atoms with Gasteiger partial charge in [0.1, 0.15) is 6.29 Å². The molecule has 1 aliphatic rings. The molecule has 0 amide bonds. The molecule has 1 heterocycles. The van der Waals surface area contributed by atoms with Crippen molar-refractivity contribution >= 4 is 22.2 Å². The maximum Gasteiger partial charge on any atom is 1.00 e. The van der Waals surface area contributed by atoms with Crippen molar-refractivity contribution in [3.8, 4) is 0 Å². The van der Waals surface area contributed by atoms with E-state index in [1.54, 1.807) is 30.3 Å². The van der Waals surface area contributed by atoms with Crippen molar-refractivity contribution in [3.05, 3.63) is 30.3 Å². The van der Waals surface area contributed by atoms with Gasteiger partial charge in [-0.25, -0.2) is 0 Å². The number of benzene rings is 1. The van der Waals surface area contributed by atoms with E-state index in [1.807, 2.05) is 0 Å². The number of aldehydes is 1. The quantitative estimate of drug-likeness (QED) is 0.450. The van der Waals surface area contributed by atoms with Crippen LogP contribution in [0, 0.1) is 0 Å². The molecular weight excluding hydrogens is 239 g/mol. The van der Waals surface area contributed by atoms with Gasteiger partial charge in [0, 0.05) is 0 Å². The second kappa shape index (κ2) is 5.29. The van der Waals surface area contributed by atoms with Gasteiger partial charge >= 0.3 is 39.8 Å². The van der Waals surface area contributed by atoms with Gasteiger partial charge in [0.05, 0.1) is 18.3 Å². The van der Waals surface area contributed by atoms with Crippen molar-refractivity contribution in [2.24, 2.45) is 0 Å². The van der Waals surface area contributed by atoms with Gasteiger partial charge in [0.15, 0.2) is 0 Å². The molecule has 0 spiro atoms. The van der Waals surface area contributed by atoms with Crippen molar-refractivity contribution in [2.45, 2.75) is 6.04 Å². The topological polar surface area (TPSA) is 66.5 Å². The molecule has 0 saturated carbocycles. The Morgan fingerprint density at radius 1 is 1.38 bits per heavy atom.